The lowest BCUT2D eigenvalue weighted by molar-refractivity contribution is 0.144. The van der Waals surface area contributed by atoms with Crippen LogP contribution in [0.4, 0.5) is 5.69 Å². The van der Waals surface area contributed by atoms with Gasteiger partial charge in [0.05, 0.1) is 11.6 Å². The number of hydrogen-bond donors (Lipinski definition) is 1. The van der Waals surface area contributed by atoms with Gasteiger partial charge in [0.25, 0.3) is 0 Å². The fourth-order valence-electron chi connectivity index (χ4n) is 2.15. The molecule has 1 atom stereocenters. The minimum atomic E-state index is 0.474. The van der Waals surface area contributed by atoms with Gasteiger partial charge >= 0.3 is 0 Å². The largest absolute Gasteiger partial charge is 0.492 e. The van der Waals surface area contributed by atoms with Crippen molar-refractivity contribution in [2.75, 3.05) is 25.1 Å². The summed E-state index contributed by atoms with van der Waals surface area (Å²) in [4.78, 5) is 0. The molecule has 1 N–H and O–H groups in total. The van der Waals surface area contributed by atoms with Crippen LogP contribution in [0.15, 0.2) is 18.2 Å². The third-order valence-electron chi connectivity index (χ3n) is 3.05. The molecule has 1 aliphatic rings. The molecule has 1 unspecified atom stereocenters. The number of ether oxygens (including phenoxy) is 2. The first-order chi connectivity index (χ1) is 8.79. The van der Waals surface area contributed by atoms with Crippen molar-refractivity contribution in [2.24, 2.45) is 0 Å². The van der Waals surface area contributed by atoms with Crippen molar-refractivity contribution in [3.05, 3.63) is 23.2 Å². The van der Waals surface area contributed by atoms with Crippen LogP contribution in [-0.4, -0.2) is 25.9 Å². The summed E-state index contributed by atoms with van der Waals surface area (Å²) in [5, 5.41) is 4.17. The van der Waals surface area contributed by atoms with Crippen LogP contribution in [0, 0.1) is 0 Å². The van der Waals surface area contributed by atoms with Gasteiger partial charge in [0.1, 0.15) is 5.75 Å². The van der Waals surface area contributed by atoms with Gasteiger partial charge in [-0.05, 0) is 44.4 Å². The van der Waals surface area contributed by atoms with Crippen LogP contribution in [0.1, 0.15) is 26.2 Å². The van der Waals surface area contributed by atoms with E-state index in [1.165, 1.54) is 0 Å². The molecule has 1 aromatic carbocycles. The van der Waals surface area contributed by atoms with Crippen molar-refractivity contribution in [3.63, 3.8) is 0 Å². The molecule has 0 amide bonds. The van der Waals surface area contributed by atoms with Crippen molar-refractivity contribution in [3.8, 4) is 5.75 Å². The van der Waals surface area contributed by atoms with E-state index in [0.717, 1.165) is 43.9 Å². The molecule has 2 rings (SSSR count). The molecular formula is C14H20ClNO2. The summed E-state index contributed by atoms with van der Waals surface area (Å²) in [6.45, 7) is 4.30. The molecule has 0 radical (unpaired) electrons. The van der Waals surface area contributed by atoms with Gasteiger partial charge < -0.3 is 14.8 Å². The summed E-state index contributed by atoms with van der Waals surface area (Å²) in [7, 11) is 0. The van der Waals surface area contributed by atoms with Crippen molar-refractivity contribution in [1.29, 1.82) is 0 Å². The number of rotatable bonds is 4. The Balaban J connectivity index is 1.98. The Hall–Kier alpha value is -0.930. The molecule has 1 aromatic rings. The zero-order chi connectivity index (χ0) is 12.8. The average molecular weight is 270 g/mol. The van der Waals surface area contributed by atoms with Crippen LogP contribution in [0.2, 0.25) is 5.02 Å². The first-order valence-corrected chi connectivity index (χ1v) is 6.94. The van der Waals surface area contributed by atoms with Gasteiger partial charge in [-0.25, -0.2) is 0 Å². The maximum atomic E-state index is 6.17. The summed E-state index contributed by atoms with van der Waals surface area (Å²) in [5.41, 5.74) is 1.05. The molecule has 1 heterocycles. The fourth-order valence-corrected chi connectivity index (χ4v) is 2.38. The van der Waals surface area contributed by atoms with E-state index in [-0.39, 0.29) is 0 Å². The van der Waals surface area contributed by atoms with Crippen LogP contribution >= 0.6 is 11.6 Å². The molecule has 0 aliphatic carbocycles. The van der Waals surface area contributed by atoms with Crippen LogP contribution in [-0.2, 0) is 4.74 Å². The van der Waals surface area contributed by atoms with Gasteiger partial charge in [-0.3, -0.25) is 0 Å². The van der Waals surface area contributed by atoms with Gasteiger partial charge in [-0.1, -0.05) is 11.6 Å². The Morgan fingerprint density at radius 1 is 1.39 bits per heavy atom. The normalized spacial score (nSPS) is 20.2. The van der Waals surface area contributed by atoms with E-state index in [9.17, 15) is 0 Å². The lowest BCUT2D eigenvalue weighted by Gasteiger charge is -2.17. The molecule has 1 saturated heterocycles. The minimum Gasteiger partial charge on any atom is -0.492 e. The highest BCUT2D eigenvalue weighted by molar-refractivity contribution is 6.32. The van der Waals surface area contributed by atoms with E-state index < -0.39 is 0 Å². The zero-order valence-electron chi connectivity index (χ0n) is 10.7. The van der Waals surface area contributed by atoms with Crippen LogP contribution in [0.5, 0.6) is 5.75 Å². The number of anilines is 1. The SMILES string of the molecule is CCOc1ccc(NC2CCCOCC2)cc1Cl. The minimum absolute atomic E-state index is 0.474. The van der Waals surface area contributed by atoms with Crippen molar-refractivity contribution in [1.82, 2.24) is 0 Å². The molecule has 18 heavy (non-hydrogen) atoms. The Kier molecular flexibility index (Phi) is 5.14. The van der Waals surface area contributed by atoms with E-state index in [1.54, 1.807) is 0 Å². The standard InChI is InChI=1S/C14H20ClNO2/c1-2-18-14-6-5-12(10-13(14)15)16-11-4-3-8-17-9-7-11/h5-6,10-11,16H,2-4,7-9H2,1H3. The van der Waals surface area contributed by atoms with E-state index in [4.69, 9.17) is 21.1 Å². The monoisotopic (exact) mass is 269 g/mol. The maximum absolute atomic E-state index is 6.17. The highest BCUT2D eigenvalue weighted by Gasteiger charge is 2.12. The number of nitrogens with one attached hydrogen (secondary N) is 1. The van der Waals surface area contributed by atoms with Crippen molar-refractivity contribution < 1.29 is 9.47 Å². The lowest BCUT2D eigenvalue weighted by Crippen LogP contribution is -2.19. The summed E-state index contributed by atoms with van der Waals surface area (Å²) in [6.07, 6.45) is 3.30. The van der Waals surface area contributed by atoms with Crippen LogP contribution < -0.4 is 10.1 Å². The summed E-state index contributed by atoms with van der Waals surface area (Å²) < 4.78 is 10.9. The predicted octanol–water partition coefficient (Wildman–Crippen LogP) is 3.72. The first-order valence-electron chi connectivity index (χ1n) is 6.56. The van der Waals surface area contributed by atoms with Gasteiger partial charge in [-0.15, -0.1) is 0 Å². The Morgan fingerprint density at radius 2 is 2.28 bits per heavy atom. The maximum Gasteiger partial charge on any atom is 0.138 e. The van der Waals surface area contributed by atoms with E-state index in [1.807, 2.05) is 25.1 Å². The van der Waals surface area contributed by atoms with Crippen molar-refractivity contribution in [2.45, 2.75) is 32.2 Å². The van der Waals surface area contributed by atoms with Crippen LogP contribution in [0.25, 0.3) is 0 Å². The summed E-state index contributed by atoms with van der Waals surface area (Å²) >= 11 is 6.17. The van der Waals surface area contributed by atoms with Gasteiger partial charge in [-0.2, -0.15) is 0 Å². The quantitative estimate of drug-likeness (QED) is 0.904. The van der Waals surface area contributed by atoms with Crippen molar-refractivity contribution >= 4 is 17.3 Å². The lowest BCUT2D eigenvalue weighted by atomic mass is 10.1. The van der Waals surface area contributed by atoms with E-state index >= 15 is 0 Å². The molecule has 0 bridgehead atoms. The predicted molar refractivity (Wildman–Crippen MR) is 74.7 cm³/mol. The molecule has 3 nitrogen and oxygen atoms in total. The smallest absolute Gasteiger partial charge is 0.138 e. The number of hydrogen-bond acceptors (Lipinski definition) is 3. The van der Waals surface area contributed by atoms with E-state index in [0.29, 0.717) is 17.7 Å². The third-order valence-corrected chi connectivity index (χ3v) is 3.35. The molecule has 1 aliphatic heterocycles. The molecule has 0 aromatic heterocycles. The van der Waals surface area contributed by atoms with Gasteiger partial charge in [0.15, 0.2) is 0 Å². The number of halogens is 1. The Bertz CT molecular complexity index is 376. The van der Waals surface area contributed by atoms with Crippen LogP contribution in [0.3, 0.4) is 0 Å². The summed E-state index contributed by atoms with van der Waals surface area (Å²) in [5.74, 6) is 0.744. The fraction of sp³-hybridized carbons (Fsp3) is 0.571. The molecule has 1 fully saturated rings. The second kappa shape index (κ2) is 6.86. The molecule has 100 valence electrons. The summed E-state index contributed by atoms with van der Waals surface area (Å²) in [6, 6.07) is 6.34. The molecular weight excluding hydrogens is 250 g/mol. The zero-order valence-corrected chi connectivity index (χ0v) is 11.5. The Labute approximate surface area is 113 Å². The highest BCUT2D eigenvalue weighted by Crippen LogP contribution is 2.28. The van der Waals surface area contributed by atoms with Gasteiger partial charge in [0.2, 0.25) is 0 Å². The third kappa shape index (κ3) is 3.79. The first kappa shape index (κ1) is 13.5. The average Bonchev–Trinajstić information content (AvgIpc) is 2.61. The molecule has 0 spiro atoms. The second-order valence-electron chi connectivity index (χ2n) is 4.46. The molecule has 0 saturated carbocycles. The Morgan fingerprint density at radius 3 is 3.06 bits per heavy atom. The topological polar surface area (TPSA) is 30.5 Å². The molecule has 4 heteroatoms. The second-order valence-corrected chi connectivity index (χ2v) is 4.87. The van der Waals surface area contributed by atoms with E-state index in [2.05, 4.69) is 5.32 Å². The highest BCUT2D eigenvalue weighted by atomic mass is 35.5. The number of benzene rings is 1. The van der Waals surface area contributed by atoms with Gasteiger partial charge in [0, 0.05) is 24.9 Å².